The molecular formula is C13H15FN2O3. The number of carbonyl (C=O) groups excluding carboxylic acids is 1. The first-order valence-electron chi connectivity index (χ1n) is 6.07. The van der Waals surface area contributed by atoms with Gasteiger partial charge in [0.25, 0.3) is 0 Å². The van der Waals surface area contributed by atoms with Gasteiger partial charge in [0.15, 0.2) is 0 Å². The predicted octanol–water partition coefficient (Wildman–Crippen LogP) is 1.58. The lowest BCUT2D eigenvalue weighted by atomic mass is 10.2. The third kappa shape index (κ3) is 3.94. The SMILES string of the molecule is O=C(O)CN(C(=O)NCc1cccc(F)c1)C1CC1. The molecule has 1 aliphatic carbocycles. The van der Waals surface area contributed by atoms with E-state index >= 15 is 0 Å². The zero-order valence-corrected chi connectivity index (χ0v) is 10.3. The summed E-state index contributed by atoms with van der Waals surface area (Å²) in [7, 11) is 0. The molecule has 1 fully saturated rings. The first-order valence-corrected chi connectivity index (χ1v) is 6.07. The summed E-state index contributed by atoms with van der Waals surface area (Å²) in [4.78, 5) is 23.9. The molecule has 0 radical (unpaired) electrons. The highest BCUT2D eigenvalue weighted by atomic mass is 19.1. The third-order valence-corrected chi connectivity index (χ3v) is 2.89. The highest BCUT2D eigenvalue weighted by Crippen LogP contribution is 2.26. The molecule has 0 atom stereocenters. The van der Waals surface area contributed by atoms with Crippen LogP contribution in [0.4, 0.5) is 9.18 Å². The Morgan fingerprint density at radius 3 is 2.74 bits per heavy atom. The molecule has 0 unspecified atom stereocenters. The Balaban J connectivity index is 1.90. The molecule has 0 heterocycles. The monoisotopic (exact) mass is 266 g/mol. The number of urea groups is 1. The summed E-state index contributed by atoms with van der Waals surface area (Å²) >= 11 is 0. The smallest absolute Gasteiger partial charge is 0.323 e. The van der Waals surface area contributed by atoms with Crippen LogP contribution >= 0.6 is 0 Å². The van der Waals surface area contributed by atoms with Gasteiger partial charge in [0.1, 0.15) is 12.4 Å². The zero-order chi connectivity index (χ0) is 13.8. The number of carbonyl (C=O) groups is 2. The number of aliphatic carboxylic acids is 1. The number of hydrogen-bond acceptors (Lipinski definition) is 2. The van der Waals surface area contributed by atoms with Crippen molar-refractivity contribution in [1.29, 1.82) is 0 Å². The van der Waals surface area contributed by atoms with Crippen LogP contribution in [-0.2, 0) is 11.3 Å². The van der Waals surface area contributed by atoms with Gasteiger partial charge >= 0.3 is 12.0 Å². The second-order valence-corrected chi connectivity index (χ2v) is 4.54. The molecular weight excluding hydrogens is 251 g/mol. The van der Waals surface area contributed by atoms with Crippen molar-refractivity contribution < 1.29 is 19.1 Å². The van der Waals surface area contributed by atoms with E-state index in [1.807, 2.05) is 0 Å². The van der Waals surface area contributed by atoms with Gasteiger partial charge in [-0.1, -0.05) is 12.1 Å². The molecule has 2 N–H and O–H groups in total. The van der Waals surface area contributed by atoms with Crippen molar-refractivity contribution in [3.63, 3.8) is 0 Å². The second kappa shape index (κ2) is 5.69. The first-order chi connectivity index (χ1) is 9.06. The number of hydrogen-bond donors (Lipinski definition) is 2. The summed E-state index contributed by atoms with van der Waals surface area (Å²) in [6.45, 7) is -0.126. The molecule has 1 aromatic rings. The van der Waals surface area contributed by atoms with E-state index < -0.39 is 12.0 Å². The Hall–Kier alpha value is -2.11. The number of carboxylic acid groups (broad SMARTS) is 1. The van der Waals surface area contributed by atoms with Crippen LogP contribution in [0.2, 0.25) is 0 Å². The summed E-state index contributed by atoms with van der Waals surface area (Å²) < 4.78 is 13.0. The van der Waals surface area contributed by atoms with Crippen LogP contribution in [0.3, 0.4) is 0 Å². The number of nitrogens with zero attached hydrogens (tertiary/aromatic N) is 1. The molecule has 0 bridgehead atoms. The number of benzene rings is 1. The van der Waals surface area contributed by atoms with E-state index in [0.29, 0.717) is 5.56 Å². The molecule has 1 aromatic carbocycles. The van der Waals surface area contributed by atoms with Crippen LogP contribution in [0, 0.1) is 5.82 Å². The molecule has 0 aromatic heterocycles. The molecule has 0 saturated heterocycles. The standard InChI is InChI=1S/C13H15FN2O3/c14-10-3-1-2-9(6-10)7-15-13(19)16(8-12(17)18)11-4-5-11/h1-3,6,11H,4-5,7-8H2,(H,15,19)(H,17,18). The minimum absolute atomic E-state index is 0.0172. The Bertz CT molecular complexity index is 489. The van der Waals surface area contributed by atoms with Gasteiger partial charge in [0.2, 0.25) is 0 Å². The molecule has 0 aliphatic heterocycles. The van der Waals surface area contributed by atoms with Crippen LogP contribution in [0.25, 0.3) is 0 Å². The van der Waals surface area contributed by atoms with E-state index in [0.717, 1.165) is 12.8 Å². The van der Waals surface area contributed by atoms with Crippen molar-refractivity contribution in [3.05, 3.63) is 35.6 Å². The largest absolute Gasteiger partial charge is 0.480 e. The number of nitrogens with one attached hydrogen (secondary N) is 1. The Morgan fingerprint density at radius 2 is 2.16 bits per heavy atom. The fourth-order valence-electron chi connectivity index (χ4n) is 1.82. The summed E-state index contributed by atoms with van der Waals surface area (Å²) in [5.74, 6) is -1.40. The van der Waals surface area contributed by atoms with Gasteiger partial charge in [-0.05, 0) is 30.5 Å². The number of amides is 2. The van der Waals surface area contributed by atoms with Gasteiger partial charge in [-0.2, -0.15) is 0 Å². The molecule has 1 aliphatic rings. The Labute approximate surface area is 110 Å². The summed E-state index contributed by atoms with van der Waals surface area (Å²) in [5, 5.41) is 11.4. The predicted molar refractivity (Wildman–Crippen MR) is 66.0 cm³/mol. The van der Waals surface area contributed by atoms with E-state index in [2.05, 4.69) is 5.32 Å². The minimum atomic E-state index is -1.03. The summed E-state index contributed by atoms with van der Waals surface area (Å²) in [5.41, 5.74) is 0.638. The van der Waals surface area contributed by atoms with Gasteiger partial charge in [-0.3, -0.25) is 4.79 Å². The quantitative estimate of drug-likeness (QED) is 0.850. The fraction of sp³-hybridized carbons (Fsp3) is 0.385. The molecule has 2 rings (SSSR count). The lowest BCUT2D eigenvalue weighted by molar-refractivity contribution is -0.137. The third-order valence-electron chi connectivity index (χ3n) is 2.89. The van der Waals surface area contributed by atoms with Crippen LogP contribution in [0.5, 0.6) is 0 Å². The van der Waals surface area contributed by atoms with Crippen molar-refractivity contribution in [3.8, 4) is 0 Å². The lowest BCUT2D eigenvalue weighted by Crippen LogP contribution is -2.43. The van der Waals surface area contributed by atoms with Gasteiger partial charge in [0.05, 0.1) is 0 Å². The first kappa shape index (κ1) is 13.3. The van der Waals surface area contributed by atoms with Crippen LogP contribution in [0.1, 0.15) is 18.4 Å². The van der Waals surface area contributed by atoms with Crippen LogP contribution < -0.4 is 5.32 Å². The highest BCUT2D eigenvalue weighted by molar-refractivity contribution is 5.80. The average Bonchev–Trinajstić information content (AvgIpc) is 3.17. The molecule has 102 valence electrons. The van der Waals surface area contributed by atoms with Crippen molar-refractivity contribution in [2.45, 2.75) is 25.4 Å². The van der Waals surface area contributed by atoms with Gasteiger partial charge in [-0.25, -0.2) is 9.18 Å². The molecule has 1 saturated carbocycles. The lowest BCUT2D eigenvalue weighted by Gasteiger charge is -2.20. The van der Waals surface area contributed by atoms with Crippen molar-refractivity contribution in [2.75, 3.05) is 6.54 Å². The van der Waals surface area contributed by atoms with Crippen LogP contribution in [-0.4, -0.2) is 34.6 Å². The minimum Gasteiger partial charge on any atom is -0.480 e. The molecule has 19 heavy (non-hydrogen) atoms. The molecule has 0 spiro atoms. The van der Waals surface area contributed by atoms with E-state index in [-0.39, 0.29) is 24.9 Å². The van der Waals surface area contributed by atoms with Gasteiger partial charge in [-0.15, -0.1) is 0 Å². The Morgan fingerprint density at radius 1 is 1.42 bits per heavy atom. The van der Waals surface area contributed by atoms with Gasteiger partial charge < -0.3 is 15.3 Å². The van der Waals surface area contributed by atoms with Crippen molar-refractivity contribution in [1.82, 2.24) is 10.2 Å². The molecule has 5 nitrogen and oxygen atoms in total. The molecule has 2 amide bonds. The normalized spacial score (nSPS) is 13.9. The van der Waals surface area contributed by atoms with E-state index in [9.17, 15) is 14.0 Å². The van der Waals surface area contributed by atoms with Gasteiger partial charge in [0, 0.05) is 12.6 Å². The van der Waals surface area contributed by atoms with Crippen LogP contribution in [0.15, 0.2) is 24.3 Å². The maximum absolute atomic E-state index is 13.0. The zero-order valence-electron chi connectivity index (χ0n) is 10.3. The summed E-state index contributed by atoms with van der Waals surface area (Å²) in [6, 6.07) is 5.51. The highest BCUT2D eigenvalue weighted by Gasteiger charge is 2.33. The topological polar surface area (TPSA) is 69.6 Å². The average molecular weight is 266 g/mol. The maximum atomic E-state index is 13.0. The maximum Gasteiger partial charge on any atom is 0.323 e. The number of rotatable bonds is 5. The van der Waals surface area contributed by atoms with E-state index in [4.69, 9.17) is 5.11 Å². The number of carboxylic acids is 1. The summed E-state index contributed by atoms with van der Waals surface area (Å²) in [6.07, 6.45) is 1.67. The molecule has 6 heteroatoms. The van der Waals surface area contributed by atoms with Crippen molar-refractivity contribution >= 4 is 12.0 Å². The van der Waals surface area contributed by atoms with E-state index in [1.54, 1.807) is 12.1 Å². The fourth-order valence-corrected chi connectivity index (χ4v) is 1.82. The van der Waals surface area contributed by atoms with Crippen molar-refractivity contribution in [2.24, 2.45) is 0 Å². The number of halogens is 1. The van der Waals surface area contributed by atoms with E-state index in [1.165, 1.54) is 17.0 Å². The second-order valence-electron chi connectivity index (χ2n) is 4.54. The Kier molecular flexibility index (Phi) is 3.99.